The minimum Gasteiger partial charge on any atom is -0.338 e. The fourth-order valence-electron chi connectivity index (χ4n) is 2.55. The van der Waals surface area contributed by atoms with Crippen molar-refractivity contribution >= 4 is 17.7 Å². The first-order chi connectivity index (χ1) is 12.2. The Morgan fingerprint density at radius 1 is 1.12 bits per heavy atom. The molecule has 0 heterocycles. The van der Waals surface area contributed by atoms with E-state index < -0.39 is 4.92 Å². The van der Waals surface area contributed by atoms with Crippen LogP contribution in [-0.4, -0.2) is 22.8 Å². The monoisotopic (exact) mass is 352 g/mol. The number of hydrogen-bond donors (Lipinski definition) is 0. The quantitative estimate of drug-likeness (QED) is 0.450. The molecule has 0 radical (unpaired) electrons. The number of nitro groups is 1. The van der Waals surface area contributed by atoms with Gasteiger partial charge >= 0.3 is 0 Å². The van der Waals surface area contributed by atoms with E-state index in [1.807, 2.05) is 12.1 Å². The molecule has 0 spiro atoms. The molecule has 0 aliphatic rings. The number of carbonyl (C=O) groups excluding carboxylic acids is 1. The van der Waals surface area contributed by atoms with Crippen LogP contribution in [0, 0.1) is 10.1 Å². The predicted octanol–water partition coefficient (Wildman–Crippen LogP) is 4.56. The summed E-state index contributed by atoms with van der Waals surface area (Å²) in [7, 11) is 1.63. The van der Waals surface area contributed by atoms with Gasteiger partial charge in [-0.05, 0) is 22.6 Å². The van der Waals surface area contributed by atoms with Crippen LogP contribution in [-0.2, 0) is 16.8 Å². The molecule has 0 unspecified atom stereocenters. The van der Waals surface area contributed by atoms with E-state index in [0.29, 0.717) is 5.56 Å². The van der Waals surface area contributed by atoms with Crippen molar-refractivity contribution in [1.29, 1.82) is 0 Å². The highest BCUT2D eigenvalue weighted by Crippen LogP contribution is 2.22. The van der Waals surface area contributed by atoms with Crippen molar-refractivity contribution in [1.82, 2.24) is 4.90 Å². The Labute approximate surface area is 154 Å². The van der Waals surface area contributed by atoms with Crippen molar-refractivity contribution in [3.63, 3.8) is 0 Å². The average molecular weight is 352 g/mol. The van der Waals surface area contributed by atoms with E-state index >= 15 is 0 Å². The molecule has 0 fully saturated rings. The summed E-state index contributed by atoms with van der Waals surface area (Å²) < 4.78 is 0. The summed E-state index contributed by atoms with van der Waals surface area (Å²) in [5.41, 5.74) is 2.79. The van der Waals surface area contributed by atoms with Gasteiger partial charge in [0, 0.05) is 24.8 Å². The fraction of sp³-hybridized carbons (Fsp3) is 0.286. The molecule has 136 valence electrons. The molecule has 0 aliphatic heterocycles. The van der Waals surface area contributed by atoms with Crippen LogP contribution in [0.15, 0.2) is 54.6 Å². The van der Waals surface area contributed by atoms with Crippen LogP contribution in [0.25, 0.3) is 6.08 Å². The van der Waals surface area contributed by atoms with Crippen molar-refractivity contribution in [2.24, 2.45) is 0 Å². The number of amides is 1. The maximum absolute atomic E-state index is 12.3. The summed E-state index contributed by atoms with van der Waals surface area (Å²) in [4.78, 5) is 24.4. The molecule has 0 aromatic heterocycles. The van der Waals surface area contributed by atoms with Crippen LogP contribution in [0.1, 0.15) is 37.5 Å². The van der Waals surface area contributed by atoms with Gasteiger partial charge < -0.3 is 4.90 Å². The first-order valence-electron chi connectivity index (χ1n) is 8.44. The molecule has 2 rings (SSSR count). The van der Waals surface area contributed by atoms with Gasteiger partial charge in [-0.2, -0.15) is 0 Å². The highest BCUT2D eigenvalue weighted by Gasteiger charge is 2.16. The normalized spacial score (nSPS) is 11.5. The maximum atomic E-state index is 12.3. The SMILES string of the molecule is CN(Cc1ccccc1[N+](=O)[O-])C(=O)/C=C/c1ccc(C(C)(C)C)cc1. The molecular formula is C21H24N2O3. The summed E-state index contributed by atoms with van der Waals surface area (Å²) in [5, 5.41) is 11.1. The number of nitrogens with zero attached hydrogens (tertiary/aromatic N) is 2. The minimum absolute atomic E-state index is 0.0221. The van der Waals surface area contributed by atoms with Gasteiger partial charge in [-0.1, -0.05) is 63.2 Å². The molecular weight excluding hydrogens is 328 g/mol. The lowest BCUT2D eigenvalue weighted by molar-refractivity contribution is -0.385. The van der Waals surface area contributed by atoms with Crippen LogP contribution in [0.5, 0.6) is 0 Å². The Morgan fingerprint density at radius 3 is 2.31 bits per heavy atom. The van der Waals surface area contributed by atoms with Gasteiger partial charge in [0.1, 0.15) is 0 Å². The Bertz CT molecular complexity index is 818. The highest BCUT2D eigenvalue weighted by molar-refractivity contribution is 5.91. The standard InChI is InChI=1S/C21H24N2O3/c1-21(2,3)18-12-9-16(10-13-18)11-14-20(24)22(4)15-17-7-5-6-8-19(17)23(25)26/h5-14H,15H2,1-4H3/b14-11+. The van der Waals surface area contributed by atoms with E-state index in [4.69, 9.17) is 0 Å². The lowest BCUT2D eigenvalue weighted by atomic mass is 9.87. The zero-order valence-corrected chi connectivity index (χ0v) is 15.6. The van der Waals surface area contributed by atoms with Crippen LogP contribution in [0.4, 0.5) is 5.69 Å². The van der Waals surface area contributed by atoms with Gasteiger partial charge in [-0.15, -0.1) is 0 Å². The summed E-state index contributed by atoms with van der Waals surface area (Å²) >= 11 is 0. The lowest BCUT2D eigenvalue weighted by Gasteiger charge is -2.18. The molecule has 0 N–H and O–H groups in total. The second kappa shape index (κ2) is 7.95. The number of hydrogen-bond acceptors (Lipinski definition) is 3. The molecule has 0 aliphatic carbocycles. The number of nitro benzene ring substituents is 1. The number of para-hydroxylation sites is 1. The number of benzene rings is 2. The van der Waals surface area contributed by atoms with E-state index in [2.05, 4.69) is 32.9 Å². The molecule has 0 atom stereocenters. The van der Waals surface area contributed by atoms with Crippen LogP contribution in [0.3, 0.4) is 0 Å². The van der Waals surface area contributed by atoms with Crippen LogP contribution >= 0.6 is 0 Å². The molecule has 0 saturated heterocycles. The summed E-state index contributed by atoms with van der Waals surface area (Å²) in [6.45, 7) is 6.64. The van der Waals surface area contributed by atoms with E-state index in [1.54, 1.807) is 31.3 Å². The van der Waals surface area contributed by atoms with Crippen molar-refractivity contribution in [3.8, 4) is 0 Å². The Kier molecular flexibility index (Phi) is 5.93. The molecule has 0 saturated carbocycles. The smallest absolute Gasteiger partial charge is 0.274 e. The Morgan fingerprint density at radius 2 is 1.73 bits per heavy atom. The van der Waals surface area contributed by atoms with Crippen molar-refractivity contribution in [3.05, 3.63) is 81.4 Å². The van der Waals surface area contributed by atoms with Gasteiger partial charge in [-0.25, -0.2) is 0 Å². The highest BCUT2D eigenvalue weighted by atomic mass is 16.6. The van der Waals surface area contributed by atoms with Gasteiger partial charge in [0.05, 0.1) is 11.5 Å². The first-order valence-corrected chi connectivity index (χ1v) is 8.44. The molecule has 26 heavy (non-hydrogen) atoms. The van der Waals surface area contributed by atoms with Crippen LogP contribution < -0.4 is 0 Å². The van der Waals surface area contributed by atoms with Gasteiger partial charge in [0.25, 0.3) is 5.69 Å². The summed E-state index contributed by atoms with van der Waals surface area (Å²) in [5.74, 6) is -0.206. The van der Waals surface area contributed by atoms with Crippen molar-refractivity contribution in [2.75, 3.05) is 7.05 Å². The zero-order chi connectivity index (χ0) is 19.3. The van der Waals surface area contributed by atoms with Gasteiger partial charge in [0.15, 0.2) is 0 Å². The van der Waals surface area contributed by atoms with E-state index in [0.717, 1.165) is 5.56 Å². The number of carbonyl (C=O) groups is 1. The molecule has 0 bridgehead atoms. The fourth-order valence-corrected chi connectivity index (χ4v) is 2.55. The second-order valence-electron chi connectivity index (χ2n) is 7.29. The van der Waals surface area contributed by atoms with Crippen molar-refractivity contribution in [2.45, 2.75) is 32.7 Å². The molecule has 2 aromatic rings. The Hall–Kier alpha value is -2.95. The number of rotatable bonds is 5. The third-order valence-corrected chi connectivity index (χ3v) is 4.17. The Balaban J connectivity index is 2.05. The molecule has 5 heteroatoms. The molecule has 5 nitrogen and oxygen atoms in total. The number of likely N-dealkylation sites (N-methyl/N-ethyl adjacent to an activating group) is 1. The first kappa shape index (κ1) is 19.4. The van der Waals surface area contributed by atoms with E-state index in [1.165, 1.54) is 22.6 Å². The van der Waals surface area contributed by atoms with Gasteiger partial charge in [-0.3, -0.25) is 14.9 Å². The molecule has 2 aromatic carbocycles. The molecule has 1 amide bonds. The van der Waals surface area contributed by atoms with E-state index in [9.17, 15) is 14.9 Å². The van der Waals surface area contributed by atoms with Gasteiger partial charge in [0.2, 0.25) is 5.91 Å². The lowest BCUT2D eigenvalue weighted by Crippen LogP contribution is -2.24. The van der Waals surface area contributed by atoms with Crippen molar-refractivity contribution < 1.29 is 9.72 Å². The van der Waals surface area contributed by atoms with E-state index in [-0.39, 0.29) is 23.6 Å². The average Bonchev–Trinajstić information content (AvgIpc) is 2.59. The summed E-state index contributed by atoms with van der Waals surface area (Å²) in [6, 6.07) is 14.5. The maximum Gasteiger partial charge on any atom is 0.274 e. The zero-order valence-electron chi connectivity index (χ0n) is 15.6. The second-order valence-corrected chi connectivity index (χ2v) is 7.29. The third kappa shape index (κ3) is 5.02. The predicted molar refractivity (Wildman–Crippen MR) is 104 cm³/mol. The largest absolute Gasteiger partial charge is 0.338 e. The third-order valence-electron chi connectivity index (χ3n) is 4.17. The summed E-state index contributed by atoms with van der Waals surface area (Å²) in [6.07, 6.45) is 3.24. The van der Waals surface area contributed by atoms with Crippen LogP contribution in [0.2, 0.25) is 0 Å². The minimum atomic E-state index is -0.430. The topological polar surface area (TPSA) is 63.4 Å².